The molecule has 6 heteroatoms. The van der Waals surface area contributed by atoms with E-state index in [4.69, 9.17) is 27.2 Å². The Morgan fingerprint density at radius 3 is 2.45 bits per heavy atom. The molecule has 0 saturated heterocycles. The molecule has 0 saturated carbocycles. The number of pyridine rings is 1. The first kappa shape index (κ1) is 14.1. The number of nitrogens with two attached hydrogens (primary N) is 1. The number of hydrogen-bond acceptors (Lipinski definition) is 4. The van der Waals surface area contributed by atoms with Crippen LogP contribution in [-0.4, -0.2) is 16.1 Å². The van der Waals surface area contributed by atoms with Crippen LogP contribution in [0.25, 0.3) is 0 Å². The van der Waals surface area contributed by atoms with Gasteiger partial charge in [0.05, 0.1) is 11.9 Å². The van der Waals surface area contributed by atoms with E-state index in [1.807, 2.05) is 13.8 Å². The fourth-order valence-electron chi connectivity index (χ4n) is 1.86. The predicted molar refractivity (Wildman–Crippen MR) is 76.6 cm³/mol. The van der Waals surface area contributed by atoms with Gasteiger partial charge in [0.1, 0.15) is 11.3 Å². The molecule has 0 aliphatic carbocycles. The number of rotatable bonds is 3. The number of hydrogen-bond donors (Lipinski definition) is 2. The summed E-state index contributed by atoms with van der Waals surface area (Å²) >= 11 is 5.95. The van der Waals surface area contributed by atoms with Crippen LogP contribution in [0.4, 0.5) is 5.69 Å². The van der Waals surface area contributed by atoms with Gasteiger partial charge in [-0.15, -0.1) is 0 Å². The lowest BCUT2D eigenvalue weighted by molar-refractivity contribution is 0.0693. The molecule has 0 fully saturated rings. The molecule has 104 valence electrons. The van der Waals surface area contributed by atoms with E-state index in [1.165, 1.54) is 12.3 Å². The number of nitrogens with zero attached hydrogens (tertiary/aromatic N) is 1. The Morgan fingerprint density at radius 1 is 1.30 bits per heavy atom. The summed E-state index contributed by atoms with van der Waals surface area (Å²) in [5, 5.41) is 9.75. The molecule has 0 atom stereocenters. The summed E-state index contributed by atoms with van der Waals surface area (Å²) in [4.78, 5) is 15.1. The lowest BCUT2D eigenvalue weighted by Gasteiger charge is -2.13. The summed E-state index contributed by atoms with van der Waals surface area (Å²) in [6.45, 7) is 3.65. The Kier molecular flexibility index (Phi) is 3.81. The maximum Gasteiger partial charge on any atom is 0.341 e. The van der Waals surface area contributed by atoms with E-state index in [-0.39, 0.29) is 17.1 Å². The Labute approximate surface area is 121 Å². The minimum atomic E-state index is -1.15. The first-order chi connectivity index (χ1) is 9.38. The fourth-order valence-corrected chi connectivity index (χ4v) is 2.19. The van der Waals surface area contributed by atoms with Gasteiger partial charge < -0.3 is 15.6 Å². The van der Waals surface area contributed by atoms with Crippen LogP contribution in [0.15, 0.2) is 24.4 Å². The number of benzene rings is 1. The van der Waals surface area contributed by atoms with Crippen molar-refractivity contribution in [1.82, 2.24) is 4.98 Å². The quantitative estimate of drug-likeness (QED) is 0.905. The van der Waals surface area contributed by atoms with Crippen LogP contribution in [0.3, 0.4) is 0 Å². The van der Waals surface area contributed by atoms with Crippen LogP contribution < -0.4 is 10.5 Å². The zero-order valence-corrected chi connectivity index (χ0v) is 11.7. The van der Waals surface area contributed by atoms with Gasteiger partial charge in [-0.1, -0.05) is 11.6 Å². The summed E-state index contributed by atoms with van der Waals surface area (Å²) < 4.78 is 5.64. The van der Waals surface area contributed by atoms with Crippen LogP contribution in [0.2, 0.25) is 5.02 Å². The number of carbonyl (C=O) groups is 1. The molecule has 2 aromatic rings. The first-order valence-corrected chi connectivity index (χ1v) is 6.19. The average Bonchev–Trinajstić information content (AvgIpc) is 2.34. The van der Waals surface area contributed by atoms with Gasteiger partial charge in [-0.3, -0.25) is 0 Å². The number of carboxylic acids is 1. The van der Waals surface area contributed by atoms with Crippen molar-refractivity contribution in [2.45, 2.75) is 13.8 Å². The molecule has 0 spiro atoms. The van der Waals surface area contributed by atoms with E-state index in [9.17, 15) is 4.79 Å². The minimum absolute atomic E-state index is 0.000206. The second kappa shape index (κ2) is 5.38. The van der Waals surface area contributed by atoms with Gasteiger partial charge in [0.2, 0.25) is 5.88 Å². The second-order valence-corrected chi connectivity index (χ2v) is 4.83. The van der Waals surface area contributed by atoms with Crippen molar-refractivity contribution in [2.24, 2.45) is 0 Å². The Balaban J connectivity index is 2.48. The molecule has 2 rings (SSSR count). The third-order valence-corrected chi connectivity index (χ3v) is 2.94. The molecule has 1 aromatic carbocycles. The molecule has 0 aliphatic heterocycles. The molecule has 0 bridgehead atoms. The van der Waals surface area contributed by atoms with Crippen molar-refractivity contribution in [3.63, 3.8) is 0 Å². The van der Waals surface area contributed by atoms with E-state index >= 15 is 0 Å². The highest BCUT2D eigenvalue weighted by Crippen LogP contribution is 2.32. The van der Waals surface area contributed by atoms with E-state index in [1.54, 1.807) is 12.1 Å². The molecule has 3 N–H and O–H groups in total. The van der Waals surface area contributed by atoms with Gasteiger partial charge in [-0.2, -0.15) is 0 Å². The van der Waals surface area contributed by atoms with Crippen LogP contribution in [0.5, 0.6) is 11.6 Å². The largest absolute Gasteiger partial charge is 0.477 e. The lowest BCUT2D eigenvalue weighted by atomic mass is 10.1. The van der Waals surface area contributed by atoms with E-state index in [0.29, 0.717) is 10.8 Å². The molecule has 5 nitrogen and oxygen atoms in total. The number of ether oxygens (including phenoxy) is 1. The van der Waals surface area contributed by atoms with Crippen LogP contribution in [0.1, 0.15) is 21.5 Å². The predicted octanol–water partition coefficient (Wildman–Crippen LogP) is 3.42. The standard InChI is InChI=1S/C14H13ClN2O3/c1-7-3-9(15)4-8(2)12(7)20-13-11(14(18)19)5-10(16)6-17-13/h3-6H,16H2,1-2H3,(H,18,19). The molecular weight excluding hydrogens is 280 g/mol. The van der Waals surface area contributed by atoms with Crippen molar-refractivity contribution >= 4 is 23.3 Å². The third kappa shape index (κ3) is 2.83. The van der Waals surface area contributed by atoms with Crippen LogP contribution in [0, 0.1) is 13.8 Å². The van der Waals surface area contributed by atoms with Crippen molar-refractivity contribution in [1.29, 1.82) is 0 Å². The summed E-state index contributed by atoms with van der Waals surface area (Å²) in [5.41, 5.74) is 7.31. The molecule has 0 amide bonds. The first-order valence-electron chi connectivity index (χ1n) is 5.82. The smallest absolute Gasteiger partial charge is 0.341 e. The summed E-state index contributed by atoms with van der Waals surface area (Å²) in [6, 6.07) is 4.79. The normalized spacial score (nSPS) is 10.3. The van der Waals surface area contributed by atoms with Crippen molar-refractivity contribution in [3.05, 3.63) is 46.1 Å². The highest BCUT2D eigenvalue weighted by Gasteiger charge is 2.16. The van der Waals surface area contributed by atoms with Crippen LogP contribution in [-0.2, 0) is 0 Å². The molecule has 0 radical (unpaired) electrons. The zero-order valence-electron chi connectivity index (χ0n) is 11.0. The number of nitrogen functional groups attached to an aromatic ring is 1. The maximum absolute atomic E-state index is 11.2. The van der Waals surface area contributed by atoms with Crippen molar-refractivity contribution in [2.75, 3.05) is 5.73 Å². The van der Waals surface area contributed by atoms with Gasteiger partial charge in [0.15, 0.2) is 0 Å². The molecule has 0 aliphatic rings. The second-order valence-electron chi connectivity index (χ2n) is 4.40. The summed E-state index contributed by atoms with van der Waals surface area (Å²) in [6.07, 6.45) is 1.35. The molecule has 1 heterocycles. The average molecular weight is 293 g/mol. The van der Waals surface area contributed by atoms with Crippen molar-refractivity contribution < 1.29 is 14.6 Å². The Hall–Kier alpha value is -2.27. The molecule has 0 unspecified atom stereocenters. The summed E-state index contributed by atoms with van der Waals surface area (Å²) in [5.74, 6) is -0.613. The van der Waals surface area contributed by atoms with E-state index in [0.717, 1.165) is 11.1 Å². The zero-order chi connectivity index (χ0) is 14.9. The highest BCUT2D eigenvalue weighted by molar-refractivity contribution is 6.30. The van der Waals surface area contributed by atoms with Gasteiger partial charge in [0, 0.05) is 5.02 Å². The lowest BCUT2D eigenvalue weighted by Crippen LogP contribution is -2.04. The Bertz CT molecular complexity index is 663. The van der Waals surface area contributed by atoms with Gasteiger partial charge >= 0.3 is 5.97 Å². The van der Waals surface area contributed by atoms with Gasteiger partial charge in [0.25, 0.3) is 0 Å². The van der Waals surface area contributed by atoms with Gasteiger partial charge in [-0.25, -0.2) is 9.78 Å². The van der Waals surface area contributed by atoms with Crippen molar-refractivity contribution in [3.8, 4) is 11.6 Å². The molecule has 20 heavy (non-hydrogen) atoms. The number of halogens is 1. The maximum atomic E-state index is 11.2. The molecular formula is C14H13ClN2O3. The van der Waals surface area contributed by atoms with Crippen LogP contribution >= 0.6 is 11.6 Å². The Morgan fingerprint density at radius 2 is 1.90 bits per heavy atom. The number of aromatic carboxylic acids is 1. The highest BCUT2D eigenvalue weighted by atomic mass is 35.5. The van der Waals surface area contributed by atoms with E-state index in [2.05, 4.69) is 4.98 Å². The number of aromatic nitrogens is 1. The van der Waals surface area contributed by atoms with E-state index < -0.39 is 5.97 Å². The summed E-state index contributed by atoms with van der Waals surface area (Å²) in [7, 11) is 0. The number of carboxylic acid groups (broad SMARTS) is 1. The number of anilines is 1. The monoisotopic (exact) mass is 292 g/mol. The molecule has 1 aromatic heterocycles. The number of aryl methyl sites for hydroxylation is 2. The van der Waals surface area contributed by atoms with Gasteiger partial charge in [-0.05, 0) is 43.2 Å². The SMILES string of the molecule is Cc1cc(Cl)cc(C)c1Oc1ncc(N)cc1C(=O)O. The third-order valence-electron chi connectivity index (χ3n) is 2.73. The minimum Gasteiger partial charge on any atom is -0.477 e. The fraction of sp³-hybridized carbons (Fsp3) is 0.143. The topological polar surface area (TPSA) is 85.4 Å².